The van der Waals surface area contributed by atoms with Gasteiger partial charge in [0.2, 0.25) is 11.8 Å². The Bertz CT molecular complexity index is 1880. The number of rotatable bonds is 15. The monoisotopic (exact) mass is 733 g/mol. The van der Waals surface area contributed by atoms with E-state index in [2.05, 4.69) is 5.32 Å². The lowest BCUT2D eigenvalue weighted by Gasteiger charge is -2.35. The van der Waals surface area contributed by atoms with Crippen molar-refractivity contribution in [2.24, 2.45) is 0 Å². The highest BCUT2D eigenvalue weighted by Gasteiger charge is 2.36. The predicted octanol–water partition coefficient (Wildman–Crippen LogP) is 6.65. The summed E-state index contributed by atoms with van der Waals surface area (Å²) < 4.78 is 46.2. The van der Waals surface area contributed by atoms with Gasteiger partial charge in [0, 0.05) is 30.1 Å². The Morgan fingerprint density at radius 3 is 2.16 bits per heavy atom. The van der Waals surface area contributed by atoms with E-state index in [-0.39, 0.29) is 41.2 Å². The molecule has 0 heterocycles. The van der Waals surface area contributed by atoms with Crippen molar-refractivity contribution in [2.45, 2.75) is 62.0 Å². The normalized spacial score (nSPS) is 13.9. The summed E-state index contributed by atoms with van der Waals surface area (Å²) in [5, 5.41) is 3.62. The largest absolute Gasteiger partial charge is 0.497 e. The van der Waals surface area contributed by atoms with Crippen LogP contribution in [-0.4, -0.2) is 65.1 Å². The third kappa shape index (κ3) is 9.53. The zero-order valence-electron chi connectivity index (χ0n) is 29.1. The number of nitrogens with zero attached hydrogens (tertiary/aromatic N) is 2. The number of benzene rings is 4. The minimum atomic E-state index is -4.38. The van der Waals surface area contributed by atoms with Gasteiger partial charge in [0.1, 0.15) is 18.3 Å². The van der Waals surface area contributed by atoms with Crippen LogP contribution in [-0.2, 0) is 32.6 Å². The van der Waals surface area contributed by atoms with Crippen molar-refractivity contribution in [3.05, 3.63) is 113 Å². The average molecular weight is 734 g/mol. The second kappa shape index (κ2) is 17.5. The van der Waals surface area contributed by atoms with Gasteiger partial charge in [-0.05, 0) is 72.5 Å². The first-order valence-corrected chi connectivity index (χ1v) is 18.7. The average Bonchev–Trinajstić information content (AvgIpc) is 3.16. The first-order chi connectivity index (χ1) is 24.6. The number of halogens is 1. The van der Waals surface area contributed by atoms with E-state index in [9.17, 15) is 18.0 Å². The Hall–Kier alpha value is -4.74. The maximum absolute atomic E-state index is 14.8. The summed E-state index contributed by atoms with van der Waals surface area (Å²) in [6, 6.07) is 26.2. The summed E-state index contributed by atoms with van der Waals surface area (Å²) in [6.45, 7) is -0.583. The van der Waals surface area contributed by atoms with Crippen LogP contribution in [0.4, 0.5) is 5.69 Å². The molecule has 0 aromatic heterocycles. The Balaban J connectivity index is 1.59. The molecule has 1 N–H and O–H groups in total. The van der Waals surface area contributed by atoms with Crippen LogP contribution in [0.5, 0.6) is 17.2 Å². The molecule has 1 aliphatic carbocycles. The minimum Gasteiger partial charge on any atom is -0.497 e. The molecule has 0 radical (unpaired) electrons. The molecule has 0 spiro atoms. The second-order valence-corrected chi connectivity index (χ2v) is 14.7. The quantitative estimate of drug-likeness (QED) is 0.146. The molecule has 1 fully saturated rings. The lowest BCUT2D eigenvalue weighted by Crippen LogP contribution is -2.55. The van der Waals surface area contributed by atoms with Crippen LogP contribution in [0.2, 0.25) is 5.02 Å². The number of hydrogen-bond donors (Lipinski definition) is 1. The zero-order chi connectivity index (χ0) is 36.4. The van der Waals surface area contributed by atoms with E-state index >= 15 is 0 Å². The fourth-order valence-corrected chi connectivity index (χ4v) is 7.86. The summed E-state index contributed by atoms with van der Waals surface area (Å²) in [4.78, 5) is 30.5. The van der Waals surface area contributed by atoms with Crippen molar-refractivity contribution in [3.63, 3.8) is 0 Å². The number of carbonyl (C=O) groups excluding carboxylic acids is 2. The van der Waals surface area contributed by atoms with Gasteiger partial charge in [0.25, 0.3) is 10.0 Å². The van der Waals surface area contributed by atoms with Crippen molar-refractivity contribution in [1.29, 1.82) is 0 Å². The molecule has 12 heteroatoms. The summed E-state index contributed by atoms with van der Waals surface area (Å²) in [5.74, 6) is 0.287. The van der Waals surface area contributed by atoms with Crippen molar-refractivity contribution < 1.29 is 32.2 Å². The van der Waals surface area contributed by atoms with Gasteiger partial charge in [0.05, 0.1) is 31.9 Å². The number of hydrogen-bond acceptors (Lipinski definition) is 7. The predicted molar refractivity (Wildman–Crippen MR) is 198 cm³/mol. The number of sulfonamides is 1. The number of anilines is 1. The SMILES string of the molecule is COc1cccc(CN(C(=O)CN(c2ccc(Cl)cc2)S(=O)(=O)c2ccc(OC)c(OC)c2)C(Cc2ccccc2)C(=O)NC2CCCCC2)c1. The highest BCUT2D eigenvalue weighted by atomic mass is 35.5. The van der Waals surface area contributed by atoms with Crippen LogP contribution < -0.4 is 23.8 Å². The lowest BCUT2D eigenvalue weighted by atomic mass is 9.94. The van der Waals surface area contributed by atoms with Gasteiger partial charge in [0.15, 0.2) is 11.5 Å². The van der Waals surface area contributed by atoms with Gasteiger partial charge in [-0.15, -0.1) is 0 Å². The van der Waals surface area contributed by atoms with E-state index in [1.54, 1.807) is 31.4 Å². The summed E-state index contributed by atoms with van der Waals surface area (Å²) >= 11 is 6.20. The molecule has 0 aliphatic heterocycles. The van der Waals surface area contributed by atoms with E-state index < -0.39 is 28.5 Å². The van der Waals surface area contributed by atoms with Gasteiger partial charge < -0.3 is 24.4 Å². The van der Waals surface area contributed by atoms with Gasteiger partial charge in [-0.3, -0.25) is 13.9 Å². The standard InChI is InChI=1S/C39H44ClN3O7S/c1-48-33-16-10-13-29(23-33)26-42(35(24-28-11-6-4-7-12-28)39(45)41-31-14-8-5-9-15-31)38(44)27-43(32-19-17-30(40)18-20-32)51(46,47)34-21-22-36(49-2)37(25-34)50-3/h4,6-7,10-13,16-23,25,31,35H,5,8-9,14-15,24,26-27H2,1-3H3,(H,41,45). The molecule has 1 saturated carbocycles. The number of carbonyl (C=O) groups is 2. The fourth-order valence-electron chi connectivity index (χ4n) is 6.31. The van der Waals surface area contributed by atoms with E-state index in [0.29, 0.717) is 22.1 Å². The van der Waals surface area contributed by atoms with Crippen molar-refractivity contribution in [3.8, 4) is 17.2 Å². The second-order valence-electron chi connectivity index (χ2n) is 12.4. The van der Waals surface area contributed by atoms with Crippen molar-refractivity contribution >= 4 is 39.1 Å². The molecule has 51 heavy (non-hydrogen) atoms. The van der Waals surface area contributed by atoms with Gasteiger partial charge in [-0.2, -0.15) is 0 Å². The lowest BCUT2D eigenvalue weighted by molar-refractivity contribution is -0.140. The molecule has 5 rings (SSSR count). The Kier molecular flexibility index (Phi) is 12.8. The molecular formula is C39H44ClN3O7S. The molecule has 1 aliphatic rings. The Morgan fingerprint density at radius 2 is 1.49 bits per heavy atom. The Morgan fingerprint density at radius 1 is 0.804 bits per heavy atom. The molecule has 1 unspecified atom stereocenters. The molecule has 4 aromatic carbocycles. The number of amides is 2. The van der Waals surface area contributed by atoms with Gasteiger partial charge in [-0.25, -0.2) is 8.42 Å². The van der Waals surface area contributed by atoms with E-state index in [1.165, 1.54) is 49.5 Å². The first-order valence-electron chi connectivity index (χ1n) is 16.9. The smallest absolute Gasteiger partial charge is 0.264 e. The van der Waals surface area contributed by atoms with Crippen LogP contribution in [0.25, 0.3) is 0 Å². The topological polar surface area (TPSA) is 114 Å². The van der Waals surface area contributed by atoms with Crippen LogP contribution >= 0.6 is 11.6 Å². The van der Waals surface area contributed by atoms with E-state index in [0.717, 1.165) is 42.0 Å². The molecule has 270 valence electrons. The van der Waals surface area contributed by atoms with Crippen LogP contribution in [0, 0.1) is 0 Å². The molecule has 0 bridgehead atoms. The summed E-state index contributed by atoms with van der Waals surface area (Å²) in [6.07, 6.45) is 5.10. The Labute approximate surface area is 305 Å². The van der Waals surface area contributed by atoms with Gasteiger partial charge in [-0.1, -0.05) is 73.3 Å². The summed E-state index contributed by atoms with van der Waals surface area (Å²) in [5.41, 5.74) is 1.79. The summed E-state index contributed by atoms with van der Waals surface area (Å²) in [7, 11) is 0.0483. The maximum atomic E-state index is 14.8. The van der Waals surface area contributed by atoms with E-state index in [1.807, 2.05) is 42.5 Å². The number of nitrogens with one attached hydrogen (secondary N) is 1. The van der Waals surface area contributed by atoms with Crippen LogP contribution in [0.3, 0.4) is 0 Å². The number of ether oxygens (including phenoxy) is 3. The van der Waals surface area contributed by atoms with E-state index in [4.69, 9.17) is 25.8 Å². The minimum absolute atomic E-state index is 0.00529. The molecule has 4 aromatic rings. The van der Waals surface area contributed by atoms with Crippen LogP contribution in [0.15, 0.2) is 102 Å². The molecule has 0 saturated heterocycles. The maximum Gasteiger partial charge on any atom is 0.264 e. The molecule has 2 amide bonds. The fraction of sp³-hybridized carbons (Fsp3) is 0.333. The molecular weight excluding hydrogens is 690 g/mol. The first kappa shape index (κ1) is 37.5. The molecule has 1 atom stereocenters. The van der Waals surface area contributed by atoms with Crippen molar-refractivity contribution in [2.75, 3.05) is 32.2 Å². The number of methoxy groups -OCH3 is 3. The van der Waals surface area contributed by atoms with Gasteiger partial charge >= 0.3 is 0 Å². The zero-order valence-corrected chi connectivity index (χ0v) is 30.7. The third-order valence-electron chi connectivity index (χ3n) is 9.05. The third-order valence-corrected chi connectivity index (χ3v) is 11.1. The highest BCUT2D eigenvalue weighted by molar-refractivity contribution is 7.92. The highest BCUT2D eigenvalue weighted by Crippen LogP contribution is 2.33. The molecule has 10 nitrogen and oxygen atoms in total. The van der Waals surface area contributed by atoms with Crippen LogP contribution in [0.1, 0.15) is 43.2 Å². The van der Waals surface area contributed by atoms with Crippen molar-refractivity contribution in [1.82, 2.24) is 10.2 Å².